The van der Waals surface area contributed by atoms with Gasteiger partial charge in [-0.2, -0.15) is 0 Å². The number of anilines is 1. The molecule has 0 spiro atoms. The number of thiocarbonyl (C=S) groups is 1. The van der Waals surface area contributed by atoms with Crippen LogP contribution in [0.4, 0.5) is 5.69 Å². The number of rotatable bonds is 7. The summed E-state index contributed by atoms with van der Waals surface area (Å²) in [5, 5.41) is 4.67. The van der Waals surface area contributed by atoms with Crippen LogP contribution in [-0.2, 0) is 13.1 Å². The van der Waals surface area contributed by atoms with Crippen molar-refractivity contribution < 1.29 is 9.47 Å². The highest BCUT2D eigenvalue weighted by Gasteiger charge is 2.14. The normalized spacial score (nSPS) is 10.4. The fourth-order valence-electron chi connectivity index (χ4n) is 3.06. The minimum atomic E-state index is 0.614. The number of hydrogen-bond acceptors (Lipinski definition) is 3. The van der Waals surface area contributed by atoms with Crippen LogP contribution in [0.1, 0.15) is 16.7 Å². The first-order chi connectivity index (χ1) is 14.5. The van der Waals surface area contributed by atoms with Crippen LogP contribution in [0, 0.1) is 6.92 Å². The molecular weight excluding hydrogens is 416 g/mol. The predicted molar refractivity (Wildman–Crippen MR) is 128 cm³/mol. The molecule has 0 aromatic heterocycles. The van der Waals surface area contributed by atoms with Gasteiger partial charge in [-0.05, 0) is 72.2 Å². The van der Waals surface area contributed by atoms with E-state index in [0.29, 0.717) is 23.2 Å². The minimum absolute atomic E-state index is 0.614. The van der Waals surface area contributed by atoms with Crippen LogP contribution in [-0.4, -0.2) is 24.2 Å². The van der Waals surface area contributed by atoms with Crippen molar-refractivity contribution in [2.45, 2.75) is 20.0 Å². The summed E-state index contributed by atoms with van der Waals surface area (Å²) < 4.78 is 10.8. The highest BCUT2D eigenvalue weighted by atomic mass is 35.5. The van der Waals surface area contributed by atoms with Crippen molar-refractivity contribution in [3.05, 3.63) is 88.4 Å². The largest absolute Gasteiger partial charge is 0.497 e. The summed E-state index contributed by atoms with van der Waals surface area (Å²) in [5.74, 6) is 1.58. The number of benzene rings is 3. The Balaban J connectivity index is 1.83. The van der Waals surface area contributed by atoms with Crippen molar-refractivity contribution in [3.63, 3.8) is 0 Å². The van der Waals surface area contributed by atoms with Gasteiger partial charge in [0.05, 0.1) is 19.9 Å². The van der Waals surface area contributed by atoms with Gasteiger partial charge in [0.25, 0.3) is 0 Å². The molecule has 0 saturated carbocycles. The summed E-state index contributed by atoms with van der Waals surface area (Å²) in [4.78, 5) is 2.11. The lowest BCUT2D eigenvalue weighted by atomic mass is 10.1. The Morgan fingerprint density at radius 2 is 1.50 bits per heavy atom. The van der Waals surface area contributed by atoms with Crippen LogP contribution in [0.2, 0.25) is 5.02 Å². The Hall–Kier alpha value is -2.76. The summed E-state index contributed by atoms with van der Waals surface area (Å²) >= 11 is 11.8. The van der Waals surface area contributed by atoms with E-state index in [1.54, 1.807) is 14.2 Å². The van der Waals surface area contributed by atoms with E-state index >= 15 is 0 Å². The zero-order valence-corrected chi connectivity index (χ0v) is 18.9. The molecular formula is C24H25ClN2O2S. The summed E-state index contributed by atoms with van der Waals surface area (Å²) in [7, 11) is 3.32. The molecule has 0 aliphatic heterocycles. The van der Waals surface area contributed by atoms with Crippen molar-refractivity contribution in [2.24, 2.45) is 0 Å². The number of halogens is 1. The number of methoxy groups -OCH3 is 2. The molecule has 0 heterocycles. The first-order valence-corrected chi connectivity index (χ1v) is 10.3. The van der Waals surface area contributed by atoms with Gasteiger partial charge in [-0.1, -0.05) is 41.9 Å². The van der Waals surface area contributed by atoms with Crippen LogP contribution in [0.5, 0.6) is 11.5 Å². The Bertz CT molecular complexity index is 991. The van der Waals surface area contributed by atoms with E-state index < -0.39 is 0 Å². The predicted octanol–water partition coefficient (Wildman–Crippen LogP) is 6.06. The van der Waals surface area contributed by atoms with Gasteiger partial charge in [0.15, 0.2) is 5.11 Å². The zero-order valence-electron chi connectivity index (χ0n) is 17.3. The smallest absolute Gasteiger partial charge is 0.174 e. The molecule has 30 heavy (non-hydrogen) atoms. The van der Waals surface area contributed by atoms with E-state index in [9.17, 15) is 0 Å². The first-order valence-electron chi connectivity index (χ1n) is 9.56. The lowest BCUT2D eigenvalue weighted by Gasteiger charge is -2.27. The molecule has 0 fully saturated rings. The van der Waals surface area contributed by atoms with Gasteiger partial charge in [0, 0.05) is 18.1 Å². The van der Waals surface area contributed by atoms with Crippen LogP contribution in [0.25, 0.3) is 0 Å². The number of aryl methyl sites for hydroxylation is 1. The molecule has 0 atom stereocenters. The molecule has 3 aromatic carbocycles. The average molecular weight is 441 g/mol. The van der Waals surface area contributed by atoms with Crippen molar-refractivity contribution in [2.75, 3.05) is 19.5 Å². The van der Waals surface area contributed by atoms with Gasteiger partial charge in [-0.3, -0.25) is 0 Å². The number of hydrogen-bond donors (Lipinski definition) is 1. The number of ether oxygens (including phenoxy) is 2. The average Bonchev–Trinajstić information content (AvgIpc) is 2.76. The Morgan fingerprint density at radius 1 is 0.900 bits per heavy atom. The maximum atomic E-state index is 6.05. The second-order valence-electron chi connectivity index (χ2n) is 6.96. The topological polar surface area (TPSA) is 33.7 Å². The number of nitrogens with one attached hydrogen (secondary N) is 1. The Kier molecular flexibility index (Phi) is 7.55. The number of nitrogens with zero attached hydrogens (tertiary/aromatic N) is 1. The lowest BCUT2D eigenvalue weighted by Crippen LogP contribution is -2.34. The van der Waals surface area contributed by atoms with E-state index in [4.69, 9.17) is 33.3 Å². The third-order valence-corrected chi connectivity index (χ3v) is 5.32. The SMILES string of the molecule is COc1ccc(CN(Cc2ccc(Cl)cc2)C(=S)Nc2ccc(C)cc2OC)cc1. The molecule has 0 radical (unpaired) electrons. The van der Waals surface area contributed by atoms with Crippen LogP contribution in [0.15, 0.2) is 66.7 Å². The van der Waals surface area contributed by atoms with Gasteiger partial charge in [0.1, 0.15) is 11.5 Å². The maximum Gasteiger partial charge on any atom is 0.174 e. The van der Waals surface area contributed by atoms with E-state index in [1.807, 2.05) is 73.7 Å². The highest BCUT2D eigenvalue weighted by Crippen LogP contribution is 2.26. The van der Waals surface area contributed by atoms with Gasteiger partial charge >= 0.3 is 0 Å². The molecule has 0 bridgehead atoms. The van der Waals surface area contributed by atoms with Crippen LogP contribution < -0.4 is 14.8 Å². The fourth-order valence-corrected chi connectivity index (χ4v) is 3.42. The summed E-state index contributed by atoms with van der Waals surface area (Å²) in [5.41, 5.74) is 4.21. The molecule has 3 aromatic rings. The van der Waals surface area contributed by atoms with Gasteiger partial charge in [-0.15, -0.1) is 0 Å². The highest BCUT2D eigenvalue weighted by molar-refractivity contribution is 7.80. The zero-order chi connectivity index (χ0) is 21.5. The van der Waals surface area contributed by atoms with Crippen molar-refractivity contribution in [1.82, 2.24) is 4.90 Å². The van der Waals surface area contributed by atoms with E-state index in [0.717, 1.165) is 33.9 Å². The quantitative estimate of drug-likeness (QED) is 0.451. The first kappa shape index (κ1) is 21.9. The van der Waals surface area contributed by atoms with E-state index in [1.165, 1.54) is 0 Å². The molecule has 0 amide bonds. The van der Waals surface area contributed by atoms with Crippen LogP contribution >= 0.6 is 23.8 Å². The standard InChI is InChI=1S/C24H25ClN2O2S/c1-17-4-13-22(23(14-17)29-3)26-24(30)27(15-18-5-9-20(25)10-6-18)16-19-7-11-21(28-2)12-8-19/h4-14H,15-16H2,1-3H3,(H,26,30). The summed E-state index contributed by atoms with van der Waals surface area (Å²) in [6, 6.07) is 21.8. The van der Waals surface area contributed by atoms with E-state index in [2.05, 4.69) is 10.2 Å². The molecule has 156 valence electrons. The molecule has 0 aliphatic rings. The lowest BCUT2D eigenvalue weighted by molar-refractivity contribution is 0.405. The molecule has 0 aliphatic carbocycles. The fraction of sp³-hybridized carbons (Fsp3) is 0.208. The van der Waals surface area contributed by atoms with Crippen molar-refractivity contribution in [3.8, 4) is 11.5 Å². The molecule has 0 unspecified atom stereocenters. The van der Waals surface area contributed by atoms with E-state index in [-0.39, 0.29) is 0 Å². The summed E-state index contributed by atoms with van der Waals surface area (Å²) in [6.45, 7) is 3.32. The summed E-state index contributed by atoms with van der Waals surface area (Å²) in [6.07, 6.45) is 0. The van der Waals surface area contributed by atoms with Crippen molar-refractivity contribution >= 4 is 34.6 Å². The third kappa shape index (κ3) is 5.88. The van der Waals surface area contributed by atoms with Crippen molar-refractivity contribution in [1.29, 1.82) is 0 Å². The molecule has 4 nitrogen and oxygen atoms in total. The van der Waals surface area contributed by atoms with Gasteiger partial charge < -0.3 is 19.7 Å². The molecule has 1 N–H and O–H groups in total. The van der Waals surface area contributed by atoms with Gasteiger partial charge in [-0.25, -0.2) is 0 Å². The Morgan fingerprint density at radius 3 is 2.07 bits per heavy atom. The molecule has 0 saturated heterocycles. The minimum Gasteiger partial charge on any atom is -0.497 e. The third-order valence-electron chi connectivity index (χ3n) is 4.71. The second-order valence-corrected chi connectivity index (χ2v) is 7.79. The second kappa shape index (κ2) is 10.3. The Labute approximate surface area is 188 Å². The van der Waals surface area contributed by atoms with Crippen LogP contribution in [0.3, 0.4) is 0 Å². The molecule has 6 heteroatoms. The molecule has 3 rings (SSSR count). The monoisotopic (exact) mass is 440 g/mol. The van der Waals surface area contributed by atoms with Gasteiger partial charge in [0.2, 0.25) is 0 Å². The maximum absolute atomic E-state index is 6.05.